The number of hydrogen-bond acceptors (Lipinski definition) is 3. The van der Waals surface area contributed by atoms with E-state index < -0.39 is 0 Å². The highest BCUT2D eigenvalue weighted by Gasteiger charge is 2.30. The van der Waals surface area contributed by atoms with Crippen LogP contribution < -0.4 is 10.2 Å². The first-order valence-electron chi connectivity index (χ1n) is 7.36. The molecule has 0 spiro atoms. The summed E-state index contributed by atoms with van der Waals surface area (Å²) in [6.45, 7) is 6.00. The smallest absolute Gasteiger partial charge is 0.244 e. The minimum atomic E-state index is -0.117. The minimum absolute atomic E-state index is 0.117. The van der Waals surface area contributed by atoms with Gasteiger partial charge in [0.05, 0.1) is 0 Å². The molecule has 1 N–H and O–H groups in total. The standard InChI is InChI=1S/C16H25N3O/c1-5-17-14-10-11-19(12(2)16(20)18(3)4)15-9-7-6-8-13(14)15/h6-9,12,14,17H,5,10-11H2,1-4H3. The zero-order valence-corrected chi connectivity index (χ0v) is 12.9. The van der Waals surface area contributed by atoms with Crippen molar-refractivity contribution in [1.29, 1.82) is 0 Å². The molecule has 0 aromatic heterocycles. The van der Waals surface area contributed by atoms with E-state index in [-0.39, 0.29) is 11.9 Å². The van der Waals surface area contributed by atoms with Gasteiger partial charge in [0.15, 0.2) is 0 Å². The molecule has 4 heteroatoms. The van der Waals surface area contributed by atoms with Crippen LogP contribution in [0.4, 0.5) is 5.69 Å². The molecule has 0 radical (unpaired) electrons. The first kappa shape index (κ1) is 14.9. The lowest BCUT2D eigenvalue weighted by Gasteiger charge is -2.39. The Labute approximate surface area is 121 Å². The molecule has 1 aliphatic heterocycles. The molecular formula is C16H25N3O. The second-order valence-electron chi connectivity index (χ2n) is 5.56. The van der Waals surface area contributed by atoms with Gasteiger partial charge in [0.2, 0.25) is 5.91 Å². The lowest BCUT2D eigenvalue weighted by Crippen LogP contribution is -2.48. The number of anilines is 1. The number of fused-ring (bicyclic) bond motifs is 1. The molecule has 4 nitrogen and oxygen atoms in total. The monoisotopic (exact) mass is 275 g/mol. The predicted molar refractivity (Wildman–Crippen MR) is 83.0 cm³/mol. The van der Waals surface area contributed by atoms with Gasteiger partial charge in [0.25, 0.3) is 0 Å². The molecule has 1 aliphatic rings. The molecular weight excluding hydrogens is 250 g/mol. The van der Waals surface area contributed by atoms with E-state index >= 15 is 0 Å². The van der Waals surface area contributed by atoms with Crippen molar-refractivity contribution in [3.05, 3.63) is 29.8 Å². The third kappa shape index (κ3) is 2.80. The molecule has 20 heavy (non-hydrogen) atoms. The zero-order chi connectivity index (χ0) is 14.7. The first-order valence-corrected chi connectivity index (χ1v) is 7.36. The second kappa shape index (κ2) is 6.27. The molecule has 2 unspecified atom stereocenters. The molecule has 1 amide bonds. The quantitative estimate of drug-likeness (QED) is 0.913. The van der Waals surface area contributed by atoms with E-state index in [4.69, 9.17) is 0 Å². The van der Waals surface area contributed by atoms with Gasteiger partial charge in [-0.3, -0.25) is 4.79 Å². The zero-order valence-electron chi connectivity index (χ0n) is 12.9. The van der Waals surface area contributed by atoms with Crippen LogP contribution in [0.1, 0.15) is 31.9 Å². The molecule has 0 bridgehead atoms. The van der Waals surface area contributed by atoms with Crippen LogP contribution in [-0.2, 0) is 4.79 Å². The molecule has 110 valence electrons. The molecule has 1 aromatic rings. The lowest BCUT2D eigenvalue weighted by molar-refractivity contribution is -0.129. The number of rotatable bonds is 4. The van der Waals surface area contributed by atoms with Gasteiger partial charge < -0.3 is 15.1 Å². The Morgan fingerprint density at radius 2 is 2.15 bits per heavy atom. The van der Waals surface area contributed by atoms with Crippen molar-refractivity contribution >= 4 is 11.6 Å². The molecule has 0 saturated carbocycles. The van der Waals surface area contributed by atoms with E-state index in [1.807, 2.05) is 27.1 Å². The summed E-state index contributed by atoms with van der Waals surface area (Å²) in [5.74, 6) is 0.154. The number of amides is 1. The van der Waals surface area contributed by atoms with Gasteiger partial charge >= 0.3 is 0 Å². The van der Waals surface area contributed by atoms with Crippen LogP contribution in [0.25, 0.3) is 0 Å². The van der Waals surface area contributed by atoms with E-state index in [0.717, 1.165) is 19.5 Å². The summed E-state index contributed by atoms with van der Waals surface area (Å²) in [7, 11) is 3.63. The fourth-order valence-corrected chi connectivity index (χ4v) is 2.96. The van der Waals surface area contributed by atoms with Crippen molar-refractivity contribution < 1.29 is 4.79 Å². The molecule has 2 atom stereocenters. The van der Waals surface area contributed by atoms with Crippen molar-refractivity contribution in [1.82, 2.24) is 10.2 Å². The van der Waals surface area contributed by atoms with Gasteiger partial charge in [-0.25, -0.2) is 0 Å². The Bertz CT molecular complexity index is 473. The van der Waals surface area contributed by atoms with Crippen molar-refractivity contribution in [2.24, 2.45) is 0 Å². The summed E-state index contributed by atoms with van der Waals surface area (Å²) >= 11 is 0. The SMILES string of the molecule is CCNC1CCN(C(C)C(=O)N(C)C)c2ccccc21. The Morgan fingerprint density at radius 1 is 1.45 bits per heavy atom. The highest BCUT2D eigenvalue weighted by atomic mass is 16.2. The van der Waals surface area contributed by atoms with Crippen molar-refractivity contribution in [2.75, 3.05) is 32.1 Å². The van der Waals surface area contributed by atoms with Gasteiger partial charge in [-0.1, -0.05) is 25.1 Å². The largest absolute Gasteiger partial charge is 0.359 e. The van der Waals surface area contributed by atoms with Crippen LogP contribution in [0.2, 0.25) is 0 Å². The maximum Gasteiger partial charge on any atom is 0.244 e. The Kier molecular flexibility index (Phi) is 4.65. The number of hydrogen-bond donors (Lipinski definition) is 1. The summed E-state index contributed by atoms with van der Waals surface area (Å²) in [6.07, 6.45) is 1.04. The number of nitrogens with one attached hydrogen (secondary N) is 1. The molecule has 1 heterocycles. The topological polar surface area (TPSA) is 35.6 Å². The number of carbonyl (C=O) groups is 1. The van der Waals surface area contributed by atoms with E-state index in [2.05, 4.69) is 35.3 Å². The van der Waals surface area contributed by atoms with E-state index in [0.29, 0.717) is 6.04 Å². The summed E-state index contributed by atoms with van der Waals surface area (Å²) in [6, 6.07) is 8.70. The van der Waals surface area contributed by atoms with E-state index in [9.17, 15) is 4.79 Å². The Morgan fingerprint density at radius 3 is 2.80 bits per heavy atom. The Hall–Kier alpha value is -1.55. The predicted octanol–water partition coefficient (Wildman–Crippen LogP) is 2.02. The average Bonchev–Trinajstić information content (AvgIpc) is 2.46. The number of carbonyl (C=O) groups excluding carboxylic acids is 1. The second-order valence-corrected chi connectivity index (χ2v) is 5.56. The highest BCUT2D eigenvalue weighted by Crippen LogP contribution is 2.34. The van der Waals surface area contributed by atoms with E-state index in [1.54, 1.807) is 4.90 Å². The van der Waals surface area contributed by atoms with Crippen LogP contribution in [0.5, 0.6) is 0 Å². The number of likely N-dealkylation sites (N-methyl/N-ethyl adjacent to an activating group) is 1. The van der Waals surface area contributed by atoms with Crippen LogP contribution in [0.3, 0.4) is 0 Å². The fraction of sp³-hybridized carbons (Fsp3) is 0.562. The molecule has 2 rings (SSSR count). The number of para-hydroxylation sites is 1. The van der Waals surface area contributed by atoms with Crippen LogP contribution in [0, 0.1) is 0 Å². The molecule has 1 aromatic carbocycles. The minimum Gasteiger partial charge on any atom is -0.359 e. The summed E-state index contributed by atoms with van der Waals surface area (Å²) < 4.78 is 0. The molecule has 0 aliphatic carbocycles. The van der Waals surface area contributed by atoms with E-state index in [1.165, 1.54) is 11.3 Å². The first-order chi connectivity index (χ1) is 9.56. The molecule has 0 saturated heterocycles. The van der Waals surface area contributed by atoms with Gasteiger partial charge in [-0.2, -0.15) is 0 Å². The van der Waals surface area contributed by atoms with Gasteiger partial charge in [-0.15, -0.1) is 0 Å². The fourth-order valence-electron chi connectivity index (χ4n) is 2.96. The molecule has 0 fully saturated rings. The summed E-state index contributed by atoms with van der Waals surface area (Å²) in [4.78, 5) is 16.1. The lowest BCUT2D eigenvalue weighted by atomic mass is 9.95. The van der Waals surface area contributed by atoms with Gasteiger partial charge in [0, 0.05) is 32.4 Å². The summed E-state index contributed by atoms with van der Waals surface area (Å²) in [5, 5.41) is 3.53. The van der Waals surface area contributed by atoms with Crippen LogP contribution >= 0.6 is 0 Å². The van der Waals surface area contributed by atoms with Gasteiger partial charge in [-0.05, 0) is 31.5 Å². The number of benzene rings is 1. The third-order valence-electron chi connectivity index (χ3n) is 4.00. The normalized spacial score (nSPS) is 19.4. The van der Waals surface area contributed by atoms with Crippen molar-refractivity contribution in [3.63, 3.8) is 0 Å². The third-order valence-corrected chi connectivity index (χ3v) is 4.00. The maximum absolute atomic E-state index is 12.2. The number of nitrogens with zero attached hydrogens (tertiary/aromatic N) is 2. The van der Waals surface area contributed by atoms with Gasteiger partial charge in [0.1, 0.15) is 6.04 Å². The van der Waals surface area contributed by atoms with Crippen molar-refractivity contribution in [2.45, 2.75) is 32.4 Å². The average molecular weight is 275 g/mol. The summed E-state index contributed by atoms with van der Waals surface area (Å²) in [5.41, 5.74) is 2.49. The van der Waals surface area contributed by atoms with Crippen LogP contribution in [-0.4, -0.2) is 44.0 Å². The maximum atomic E-state index is 12.2. The van der Waals surface area contributed by atoms with Crippen LogP contribution in [0.15, 0.2) is 24.3 Å². The Balaban J connectivity index is 2.29. The highest BCUT2D eigenvalue weighted by molar-refractivity contribution is 5.85. The van der Waals surface area contributed by atoms with Crippen molar-refractivity contribution in [3.8, 4) is 0 Å².